The molecule has 0 saturated heterocycles. The number of hydrogen-bond donors (Lipinski definition) is 1. The van der Waals surface area contributed by atoms with Gasteiger partial charge in [-0.15, -0.1) is 11.6 Å². The summed E-state index contributed by atoms with van der Waals surface area (Å²) in [6, 6.07) is 14.1. The van der Waals surface area contributed by atoms with E-state index in [4.69, 9.17) is 23.2 Å². The van der Waals surface area contributed by atoms with Crippen molar-refractivity contribution >= 4 is 50.9 Å². The summed E-state index contributed by atoms with van der Waals surface area (Å²) in [5.74, 6) is -0.725. The zero-order chi connectivity index (χ0) is 21.5. The smallest absolute Gasteiger partial charge is 0.247 e. The normalized spacial score (nSPS) is 15.4. The van der Waals surface area contributed by atoms with E-state index in [2.05, 4.69) is 21.2 Å². The van der Waals surface area contributed by atoms with Gasteiger partial charge in [0.1, 0.15) is 11.9 Å². The van der Waals surface area contributed by atoms with Crippen LogP contribution in [0.25, 0.3) is 0 Å². The first-order chi connectivity index (χ1) is 14.5. The summed E-state index contributed by atoms with van der Waals surface area (Å²) in [7, 11) is 0. The van der Waals surface area contributed by atoms with Crippen LogP contribution in [0.3, 0.4) is 0 Å². The first-order valence-electron chi connectivity index (χ1n) is 10.1. The molecule has 0 spiro atoms. The zero-order valence-corrected chi connectivity index (χ0v) is 19.7. The third kappa shape index (κ3) is 5.99. The second kappa shape index (κ2) is 11.2. The van der Waals surface area contributed by atoms with Crippen LogP contribution in [0.1, 0.15) is 49.3 Å². The third-order valence-corrected chi connectivity index (χ3v) is 6.50. The standard InChI is InChI=1S/C23H25BrCl2N2O2/c24-18-9-6-8-16(13-18)22(23(30)27-19-10-2-1-3-11-19)28(21(29)14-25)15-17-7-4-5-12-20(17)26/h4-9,12-13,19,22H,1-3,10-11,14-15H2,(H,27,30). The Morgan fingerprint density at radius 1 is 1.10 bits per heavy atom. The molecule has 1 saturated carbocycles. The van der Waals surface area contributed by atoms with Crippen LogP contribution in [0.5, 0.6) is 0 Å². The van der Waals surface area contributed by atoms with Gasteiger partial charge in [0.15, 0.2) is 0 Å². The number of carbonyl (C=O) groups is 2. The maximum absolute atomic E-state index is 13.5. The van der Waals surface area contributed by atoms with Gasteiger partial charge in [-0.25, -0.2) is 0 Å². The Morgan fingerprint density at radius 3 is 2.50 bits per heavy atom. The van der Waals surface area contributed by atoms with Crippen molar-refractivity contribution in [1.82, 2.24) is 10.2 Å². The highest BCUT2D eigenvalue weighted by atomic mass is 79.9. The highest BCUT2D eigenvalue weighted by Crippen LogP contribution is 2.29. The fourth-order valence-electron chi connectivity index (χ4n) is 3.89. The minimum Gasteiger partial charge on any atom is -0.351 e. The number of nitrogens with zero attached hydrogens (tertiary/aromatic N) is 1. The molecule has 2 aromatic carbocycles. The Morgan fingerprint density at radius 2 is 1.83 bits per heavy atom. The number of amides is 2. The van der Waals surface area contributed by atoms with Gasteiger partial charge in [-0.3, -0.25) is 9.59 Å². The molecule has 2 amide bonds. The van der Waals surface area contributed by atoms with Crippen molar-refractivity contribution in [3.05, 3.63) is 69.2 Å². The van der Waals surface area contributed by atoms with Gasteiger partial charge in [0.2, 0.25) is 11.8 Å². The van der Waals surface area contributed by atoms with Crippen LogP contribution >= 0.6 is 39.1 Å². The van der Waals surface area contributed by atoms with Crippen molar-refractivity contribution in [1.29, 1.82) is 0 Å². The summed E-state index contributed by atoms with van der Waals surface area (Å²) in [4.78, 5) is 27.9. The number of rotatable bonds is 7. The molecule has 1 fully saturated rings. The summed E-state index contributed by atoms with van der Waals surface area (Å²) in [6.07, 6.45) is 5.34. The van der Waals surface area contributed by atoms with E-state index in [-0.39, 0.29) is 30.3 Å². The van der Waals surface area contributed by atoms with Gasteiger partial charge in [0.05, 0.1) is 0 Å². The summed E-state index contributed by atoms with van der Waals surface area (Å²) in [6.45, 7) is 0.195. The fraction of sp³-hybridized carbons (Fsp3) is 0.391. The minimum absolute atomic E-state index is 0.133. The van der Waals surface area contributed by atoms with Gasteiger partial charge in [0, 0.05) is 22.1 Å². The Balaban J connectivity index is 1.96. The minimum atomic E-state index is -0.799. The maximum atomic E-state index is 13.5. The summed E-state index contributed by atoms with van der Waals surface area (Å²) >= 11 is 15.8. The van der Waals surface area contributed by atoms with Crippen LogP contribution in [0.2, 0.25) is 5.02 Å². The lowest BCUT2D eigenvalue weighted by molar-refractivity contribution is -0.140. The first-order valence-corrected chi connectivity index (χ1v) is 11.8. The summed E-state index contributed by atoms with van der Waals surface area (Å²) in [5, 5.41) is 3.72. The van der Waals surface area contributed by atoms with Gasteiger partial charge < -0.3 is 10.2 Å². The number of benzene rings is 2. The topological polar surface area (TPSA) is 49.4 Å². The largest absolute Gasteiger partial charge is 0.351 e. The van der Waals surface area contributed by atoms with E-state index in [0.29, 0.717) is 5.02 Å². The van der Waals surface area contributed by atoms with E-state index < -0.39 is 6.04 Å². The van der Waals surface area contributed by atoms with Crippen LogP contribution in [-0.4, -0.2) is 28.6 Å². The predicted octanol–water partition coefficient (Wildman–Crippen LogP) is 5.86. The summed E-state index contributed by atoms with van der Waals surface area (Å²) < 4.78 is 0.839. The molecule has 1 unspecified atom stereocenters. The zero-order valence-electron chi connectivity index (χ0n) is 16.6. The van der Waals surface area contributed by atoms with E-state index in [9.17, 15) is 9.59 Å². The average molecular weight is 512 g/mol. The molecule has 1 aliphatic rings. The van der Waals surface area contributed by atoms with Crippen LogP contribution in [0.4, 0.5) is 0 Å². The third-order valence-electron chi connectivity index (χ3n) is 5.41. The second-order valence-corrected chi connectivity index (χ2v) is 9.14. The molecule has 4 nitrogen and oxygen atoms in total. The van der Waals surface area contributed by atoms with Crippen LogP contribution in [0.15, 0.2) is 53.0 Å². The van der Waals surface area contributed by atoms with Gasteiger partial charge >= 0.3 is 0 Å². The molecule has 1 aliphatic carbocycles. The van der Waals surface area contributed by atoms with Crippen molar-refractivity contribution < 1.29 is 9.59 Å². The first kappa shape index (κ1) is 23.1. The molecule has 30 heavy (non-hydrogen) atoms. The van der Waals surface area contributed by atoms with E-state index >= 15 is 0 Å². The Bertz CT molecular complexity index is 887. The van der Waals surface area contributed by atoms with Crippen LogP contribution < -0.4 is 5.32 Å². The molecule has 3 rings (SSSR count). The molecular weight excluding hydrogens is 487 g/mol. The summed E-state index contributed by atoms with van der Waals surface area (Å²) in [5.41, 5.74) is 1.49. The second-order valence-electron chi connectivity index (χ2n) is 7.55. The van der Waals surface area contributed by atoms with Gasteiger partial charge in [-0.1, -0.05) is 77.1 Å². The van der Waals surface area contributed by atoms with Crippen molar-refractivity contribution in [2.24, 2.45) is 0 Å². The quantitative estimate of drug-likeness (QED) is 0.473. The van der Waals surface area contributed by atoms with Crippen molar-refractivity contribution in [3.8, 4) is 0 Å². The number of alkyl halides is 1. The lowest BCUT2D eigenvalue weighted by Crippen LogP contribution is -2.47. The van der Waals surface area contributed by atoms with Crippen molar-refractivity contribution in [2.45, 2.75) is 50.7 Å². The molecule has 1 atom stereocenters. The molecule has 7 heteroatoms. The van der Waals surface area contributed by atoms with Crippen molar-refractivity contribution in [3.63, 3.8) is 0 Å². The number of hydrogen-bond acceptors (Lipinski definition) is 2. The van der Waals surface area contributed by atoms with E-state index in [1.165, 1.54) is 11.3 Å². The molecule has 0 heterocycles. The van der Waals surface area contributed by atoms with Gasteiger partial charge in [0.25, 0.3) is 0 Å². The average Bonchev–Trinajstić information content (AvgIpc) is 2.75. The van der Waals surface area contributed by atoms with Crippen LogP contribution in [-0.2, 0) is 16.1 Å². The van der Waals surface area contributed by atoms with Gasteiger partial charge in [-0.2, -0.15) is 0 Å². The van der Waals surface area contributed by atoms with E-state index in [0.717, 1.165) is 41.3 Å². The highest BCUT2D eigenvalue weighted by Gasteiger charge is 2.33. The number of carbonyl (C=O) groups excluding carboxylic acids is 2. The molecule has 0 bridgehead atoms. The number of nitrogens with one attached hydrogen (secondary N) is 1. The number of halogens is 3. The molecule has 1 N–H and O–H groups in total. The fourth-order valence-corrected chi connectivity index (χ4v) is 4.65. The Labute approximate surface area is 196 Å². The molecule has 0 aliphatic heterocycles. The molecule has 0 aromatic heterocycles. The highest BCUT2D eigenvalue weighted by molar-refractivity contribution is 9.10. The lowest BCUT2D eigenvalue weighted by atomic mass is 9.94. The molecular formula is C23H25BrCl2N2O2. The molecule has 2 aromatic rings. The maximum Gasteiger partial charge on any atom is 0.247 e. The Hall–Kier alpha value is -1.56. The molecule has 0 radical (unpaired) electrons. The van der Waals surface area contributed by atoms with Crippen LogP contribution in [0, 0.1) is 0 Å². The molecule has 160 valence electrons. The lowest BCUT2D eigenvalue weighted by Gasteiger charge is -2.33. The Kier molecular flexibility index (Phi) is 8.61. The van der Waals surface area contributed by atoms with Gasteiger partial charge in [-0.05, 0) is 42.2 Å². The van der Waals surface area contributed by atoms with E-state index in [1.54, 1.807) is 6.07 Å². The monoisotopic (exact) mass is 510 g/mol. The SMILES string of the molecule is O=C(NC1CCCCC1)C(c1cccc(Br)c1)N(Cc1ccccc1Cl)C(=O)CCl. The van der Waals surface area contributed by atoms with E-state index in [1.807, 2.05) is 42.5 Å². The predicted molar refractivity (Wildman–Crippen MR) is 125 cm³/mol. The van der Waals surface area contributed by atoms with Crippen molar-refractivity contribution in [2.75, 3.05) is 5.88 Å².